The number of rotatable bonds is 1. The molecule has 0 spiro atoms. The van der Waals surface area contributed by atoms with Crippen molar-refractivity contribution in [3.63, 3.8) is 0 Å². The molecule has 3 heteroatoms. The zero-order valence-corrected chi connectivity index (χ0v) is 13.2. The predicted octanol–water partition coefficient (Wildman–Crippen LogP) is 3.86. The van der Waals surface area contributed by atoms with E-state index in [1.165, 1.54) is 5.39 Å². The van der Waals surface area contributed by atoms with Crippen molar-refractivity contribution in [1.29, 1.82) is 0 Å². The Morgan fingerprint density at radius 1 is 1.05 bits per heavy atom. The van der Waals surface area contributed by atoms with Gasteiger partial charge in [0.15, 0.2) is 0 Å². The van der Waals surface area contributed by atoms with Crippen LogP contribution in [0.3, 0.4) is 0 Å². The summed E-state index contributed by atoms with van der Waals surface area (Å²) < 4.78 is 2.20. The molecule has 0 aliphatic carbocycles. The molecular formula is C17H25N3. The van der Waals surface area contributed by atoms with Crippen molar-refractivity contribution in [2.75, 3.05) is 7.05 Å². The van der Waals surface area contributed by atoms with E-state index in [1.54, 1.807) is 0 Å². The smallest absolute Gasteiger partial charge is 0.0923 e. The molecule has 1 aromatic heterocycles. The number of nitrogens with zero attached hydrogens (tertiary/aromatic N) is 3. The lowest BCUT2D eigenvalue weighted by Gasteiger charge is -2.53. The largest absolute Gasteiger partial charge is 0.296 e. The summed E-state index contributed by atoms with van der Waals surface area (Å²) in [7, 11) is 2.25. The van der Waals surface area contributed by atoms with E-state index < -0.39 is 0 Å². The van der Waals surface area contributed by atoms with Crippen LogP contribution in [-0.4, -0.2) is 32.8 Å². The van der Waals surface area contributed by atoms with E-state index in [1.807, 2.05) is 0 Å². The molecular weight excluding hydrogens is 246 g/mol. The Kier molecular flexibility index (Phi) is 2.94. The van der Waals surface area contributed by atoms with Crippen molar-refractivity contribution >= 4 is 10.9 Å². The fourth-order valence-corrected chi connectivity index (χ4v) is 3.68. The molecule has 1 aliphatic rings. The number of hydrogen-bond donors (Lipinski definition) is 0. The minimum absolute atomic E-state index is 0.199. The maximum absolute atomic E-state index is 4.79. The summed E-state index contributed by atoms with van der Waals surface area (Å²) in [5.74, 6) is 0. The lowest BCUT2D eigenvalue weighted by molar-refractivity contribution is -0.0284. The van der Waals surface area contributed by atoms with Crippen LogP contribution in [0, 0.1) is 0 Å². The zero-order valence-electron chi connectivity index (χ0n) is 13.2. The first-order valence-corrected chi connectivity index (χ1v) is 7.47. The minimum Gasteiger partial charge on any atom is -0.296 e. The molecule has 108 valence electrons. The number of fused-ring (bicyclic) bond motifs is 1. The number of piperidine rings is 1. The van der Waals surface area contributed by atoms with Gasteiger partial charge in [0.05, 0.1) is 11.6 Å². The highest BCUT2D eigenvalue weighted by Gasteiger charge is 2.43. The first-order chi connectivity index (χ1) is 9.29. The molecule has 1 aliphatic heterocycles. The summed E-state index contributed by atoms with van der Waals surface area (Å²) in [6.07, 6.45) is 4.49. The Bertz CT molecular complexity index is 573. The van der Waals surface area contributed by atoms with E-state index in [0.717, 1.165) is 18.4 Å². The van der Waals surface area contributed by atoms with Gasteiger partial charge in [0, 0.05) is 22.7 Å². The van der Waals surface area contributed by atoms with Gasteiger partial charge in [-0.3, -0.25) is 9.58 Å². The molecule has 0 radical (unpaired) electrons. The van der Waals surface area contributed by atoms with E-state index in [9.17, 15) is 0 Å². The van der Waals surface area contributed by atoms with Crippen LogP contribution in [0.2, 0.25) is 0 Å². The zero-order chi connectivity index (χ0) is 14.5. The Morgan fingerprint density at radius 3 is 2.25 bits per heavy atom. The molecule has 2 heterocycles. The molecule has 3 rings (SSSR count). The first-order valence-electron chi connectivity index (χ1n) is 7.47. The van der Waals surface area contributed by atoms with Crippen LogP contribution in [0.15, 0.2) is 30.5 Å². The van der Waals surface area contributed by atoms with E-state index in [-0.39, 0.29) is 11.1 Å². The predicted molar refractivity (Wildman–Crippen MR) is 83.9 cm³/mol. The Balaban J connectivity index is 1.97. The Hall–Kier alpha value is -1.35. The minimum atomic E-state index is 0.199. The average Bonchev–Trinajstić information content (AvgIpc) is 2.79. The van der Waals surface area contributed by atoms with Crippen LogP contribution >= 0.6 is 0 Å². The molecule has 3 nitrogen and oxygen atoms in total. The average molecular weight is 271 g/mol. The molecule has 1 aromatic carbocycles. The highest BCUT2D eigenvalue weighted by atomic mass is 15.3. The lowest BCUT2D eigenvalue weighted by atomic mass is 9.77. The van der Waals surface area contributed by atoms with Gasteiger partial charge in [-0.2, -0.15) is 5.10 Å². The molecule has 2 aromatic rings. The SMILES string of the molecule is CN1C(C)(C)CC(n2cc3ccccc3n2)CC1(C)C. The second-order valence-electron chi connectivity index (χ2n) is 7.41. The van der Waals surface area contributed by atoms with Crippen LogP contribution in [0.5, 0.6) is 0 Å². The van der Waals surface area contributed by atoms with E-state index in [2.05, 4.69) is 74.8 Å². The molecule has 20 heavy (non-hydrogen) atoms. The molecule has 0 atom stereocenters. The van der Waals surface area contributed by atoms with E-state index in [0.29, 0.717) is 6.04 Å². The molecule has 0 saturated carbocycles. The topological polar surface area (TPSA) is 21.1 Å². The van der Waals surface area contributed by atoms with Crippen molar-refractivity contribution in [3.05, 3.63) is 30.5 Å². The first kappa shape index (κ1) is 13.6. The fourth-order valence-electron chi connectivity index (χ4n) is 3.68. The molecule has 0 bridgehead atoms. The highest BCUT2D eigenvalue weighted by molar-refractivity contribution is 5.77. The third kappa shape index (κ3) is 2.14. The Morgan fingerprint density at radius 2 is 1.65 bits per heavy atom. The molecule has 1 fully saturated rings. The van der Waals surface area contributed by atoms with Gasteiger partial charge in [0.25, 0.3) is 0 Å². The van der Waals surface area contributed by atoms with Crippen LogP contribution in [0.4, 0.5) is 0 Å². The molecule has 0 unspecified atom stereocenters. The fraction of sp³-hybridized carbons (Fsp3) is 0.588. The van der Waals surface area contributed by atoms with Gasteiger partial charge in [-0.05, 0) is 53.7 Å². The maximum atomic E-state index is 4.79. The van der Waals surface area contributed by atoms with Crippen molar-refractivity contribution in [2.45, 2.75) is 57.7 Å². The number of likely N-dealkylation sites (tertiary alicyclic amines) is 1. The highest BCUT2D eigenvalue weighted by Crippen LogP contribution is 2.42. The summed E-state index contributed by atoms with van der Waals surface area (Å²) in [4.78, 5) is 2.51. The molecule has 0 amide bonds. The quantitative estimate of drug-likeness (QED) is 0.785. The van der Waals surface area contributed by atoms with Crippen LogP contribution in [0.25, 0.3) is 10.9 Å². The summed E-state index contributed by atoms with van der Waals surface area (Å²) in [5, 5.41) is 6.03. The van der Waals surface area contributed by atoms with E-state index >= 15 is 0 Å². The van der Waals surface area contributed by atoms with Gasteiger partial charge >= 0.3 is 0 Å². The van der Waals surface area contributed by atoms with Gasteiger partial charge in [0.2, 0.25) is 0 Å². The van der Waals surface area contributed by atoms with Crippen molar-refractivity contribution in [3.8, 4) is 0 Å². The van der Waals surface area contributed by atoms with E-state index in [4.69, 9.17) is 5.10 Å². The van der Waals surface area contributed by atoms with Crippen LogP contribution in [0.1, 0.15) is 46.6 Å². The van der Waals surface area contributed by atoms with Gasteiger partial charge in [-0.25, -0.2) is 0 Å². The summed E-state index contributed by atoms with van der Waals surface area (Å²) >= 11 is 0. The Labute approximate surface area is 121 Å². The summed E-state index contributed by atoms with van der Waals surface area (Å²) in [5.41, 5.74) is 1.50. The third-order valence-corrected chi connectivity index (χ3v) is 5.09. The number of aromatic nitrogens is 2. The second-order valence-corrected chi connectivity index (χ2v) is 7.41. The number of benzene rings is 1. The van der Waals surface area contributed by atoms with Gasteiger partial charge in [-0.1, -0.05) is 18.2 Å². The monoisotopic (exact) mass is 271 g/mol. The van der Waals surface area contributed by atoms with Crippen LogP contribution in [-0.2, 0) is 0 Å². The van der Waals surface area contributed by atoms with Gasteiger partial charge in [-0.15, -0.1) is 0 Å². The number of hydrogen-bond acceptors (Lipinski definition) is 2. The van der Waals surface area contributed by atoms with Gasteiger partial charge < -0.3 is 0 Å². The molecule has 0 N–H and O–H groups in total. The van der Waals surface area contributed by atoms with Gasteiger partial charge in [0.1, 0.15) is 0 Å². The summed E-state index contributed by atoms with van der Waals surface area (Å²) in [6, 6.07) is 8.85. The van der Waals surface area contributed by atoms with Crippen molar-refractivity contribution in [2.24, 2.45) is 0 Å². The van der Waals surface area contributed by atoms with Crippen molar-refractivity contribution in [1.82, 2.24) is 14.7 Å². The summed E-state index contributed by atoms with van der Waals surface area (Å²) in [6.45, 7) is 9.35. The standard InChI is InChI=1S/C17H25N3/c1-16(2)10-14(11-17(3,4)19(16)5)20-12-13-8-6-7-9-15(13)18-20/h6-9,12,14H,10-11H2,1-5H3. The normalized spacial score (nSPS) is 23.2. The molecule has 1 saturated heterocycles. The van der Waals surface area contributed by atoms with Crippen molar-refractivity contribution < 1.29 is 0 Å². The second kappa shape index (κ2) is 4.32. The van der Waals surface area contributed by atoms with Crippen LogP contribution < -0.4 is 0 Å². The lowest BCUT2D eigenvalue weighted by Crippen LogP contribution is -2.58. The maximum Gasteiger partial charge on any atom is 0.0923 e. The third-order valence-electron chi connectivity index (χ3n) is 5.09.